The van der Waals surface area contributed by atoms with E-state index in [2.05, 4.69) is 0 Å². The molecule has 0 aromatic heterocycles. The van der Waals surface area contributed by atoms with Crippen molar-refractivity contribution in [2.75, 3.05) is 46.0 Å². The number of anilines is 1. The highest BCUT2D eigenvalue weighted by Crippen LogP contribution is 2.22. The standard InChI is InChI=1S/C20H24N4O4S/c1-22(2)29(27,28)16-8-9-18(21)17(14-16)20(26)24-12-10-23(11-13-24)19(25)15-6-4-3-5-7-15/h3-9,14H,10-13,21H2,1-2H3. The Kier molecular flexibility index (Phi) is 5.90. The molecule has 1 aliphatic rings. The van der Waals surface area contributed by atoms with Crippen LogP contribution in [-0.2, 0) is 10.0 Å². The number of sulfonamides is 1. The monoisotopic (exact) mass is 416 g/mol. The number of hydrogen-bond acceptors (Lipinski definition) is 5. The van der Waals surface area contributed by atoms with Crippen molar-refractivity contribution in [2.45, 2.75) is 4.90 Å². The number of amides is 2. The summed E-state index contributed by atoms with van der Waals surface area (Å²) in [6, 6.07) is 13.1. The third kappa shape index (κ3) is 4.25. The lowest BCUT2D eigenvalue weighted by molar-refractivity contribution is 0.0536. The Morgan fingerprint density at radius 3 is 2.00 bits per heavy atom. The van der Waals surface area contributed by atoms with E-state index in [0.717, 1.165) is 4.31 Å². The number of nitrogens with two attached hydrogens (primary N) is 1. The van der Waals surface area contributed by atoms with E-state index in [0.29, 0.717) is 31.7 Å². The number of benzene rings is 2. The molecule has 3 rings (SSSR count). The van der Waals surface area contributed by atoms with Crippen molar-refractivity contribution >= 4 is 27.5 Å². The average molecular weight is 417 g/mol. The second-order valence-electron chi connectivity index (χ2n) is 6.99. The topological polar surface area (TPSA) is 104 Å². The zero-order valence-electron chi connectivity index (χ0n) is 16.4. The lowest BCUT2D eigenvalue weighted by Crippen LogP contribution is -2.50. The molecule has 2 amide bonds. The molecule has 1 saturated heterocycles. The van der Waals surface area contributed by atoms with E-state index >= 15 is 0 Å². The van der Waals surface area contributed by atoms with Crippen molar-refractivity contribution in [1.29, 1.82) is 0 Å². The Morgan fingerprint density at radius 1 is 0.897 bits per heavy atom. The van der Waals surface area contributed by atoms with Crippen LogP contribution in [0.5, 0.6) is 0 Å². The van der Waals surface area contributed by atoms with Crippen molar-refractivity contribution in [3.8, 4) is 0 Å². The molecule has 0 radical (unpaired) electrons. The zero-order chi connectivity index (χ0) is 21.2. The molecule has 1 aliphatic heterocycles. The normalized spacial score (nSPS) is 14.9. The van der Waals surface area contributed by atoms with E-state index in [4.69, 9.17) is 5.73 Å². The number of carbonyl (C=O) groups excluding carboxylic acids is 2. The van der Waals surface area contributed by atoms with Crippen molar-refractivity contribution < 1.29 is 18.0 Å². The van der Waals surface area contributed by atoms with Crippen LogP contribution in [0, 0.1) is 0 Å². The van der Waals surface area contributed by atoms with E-state index in [9.17, 15) is 18.0 Å². The van der Waals surface area contributed by atoms with Crippen molar-refractivity contribution in [2.24, 2.45) is 0 Å². The van der Waals surface area contributed by atoms with Gasteiger partial charge in [-0.05, 0) is 30.3 Å². The quantitative estimate of drug-likeness (QED) is 0.752. The molecule has 0 spiro atoms. The number of rotatable bonds is 4. The molecule has 29 heavy (non-hydrogen) atoms. The number of piperazine rings is 1. The van der Waals surface area contributed by atoms with Crippen LogP contribution in [0.25, 0.3) is 0 Å². The Labute approximate surface area is 170 Å². The van der Waals surface area contributed by atoms with Crippen LogP contribution in [0.15, 0.2) is 53.4 Å². The lowest BCUT2D eigenvalue weighted by Gasteiger charge is -2.35. The van der Waals surface area contributed by atoms with Gasteiger partial charge < -0.3 is 15.5 Å². The summed E-state index contributed by atoms with van der Waals surface area (Å²) in [6.07, 6.45) is 0. The molecule has 8 nitrogen and oxygen atoms in total. The molecule has 2 aromatic rings. The number of carbonyl (C=O) groups is 2. The molecule has 2 aromatic carbocycles. The molecule has 0 saturated carbocycles. The Bertz CT molecular complexity index is 1010. The fraction of sp³-hybridized carbons (Fsp3) is 0.300. The molecule has 2 N–H and O–H groups in total. The molecule has 1 fully saturated rings. The molecule has 9 heteroatoms. The van der Waals surface area contributed by atoms with E-state index in [1.165, 1.54) is 32.3 Å². The predicted octanol–water partition coefficient (Wildman–Crippen LogP) is 1.12. The van der Waals surface area contributed by atoms with Crippen LogP contribution >= 0.6 is 0 Å². The molecule has 0 atom stereocenters. The summed E-state index contributed by atoms with van der Waals surface area (Å²) < 4.78 is 25.8. The first-order valence-electron chi connectivity index (χ1n) is 9.17. The molecular weight excluding hydrogens is 392 g/mol. The van der Waals surface area contributed by atoms with Gasteiger partial charge >= 0.3 is 0 Å². The third-order valence-electron chi connectivity index (χ3n) is 4.91. The minimum absolute atomic E-state index is 0.0120. The maximum Gasteiger partial charge on any atom is 0.256 e. The largest absolute Gasteiger partial charge is 0.398 e. The first-order chi connectivity index (χ1) is 13.7. The highest BCUT2D eigenvalue weighted by atomic mass is 32.2. The van der Waals surface area contributed by atoms with Crippen LogP contribution in [-0.4, -0.2) is 74.6 Å². The van der Waals surface area contributed by atoms with E-state index in [-0.39, 0.29) is 28.0 Å². The van der Waals surface area contributed by atoms with Crippen molar-refractivity contribution in [3.63, 3.8) is 0 Å². The summed E-state index contributed by atoms with van der Waals surface area (Å²) in [4.78, 5) is 28.8. The zero-order valence-corrected chi connectivity index (χ0v) is 17.2. The fourth-order valence-corrected chi connectivity index (χ4v) is 4.07. The van der Waals surface area contributed by atoms with Crippen LogP contribution < -0.4 is 5.73 Å². The van der Waals surface area contributed by atoms with Crippen molar-refractivity contribution in [1.82, 2.24) is 14.1 Å². The van der Waals surface area contributed by atoms with Crippen LogP contribution in [0.3, 0.4) is 0 Å². The summed E-state index contributed by atoms with van der Waals surface area (Å²) in [5.41, 5.74) is 6.92. The van der Waals surface area contributed by atoms with Gasteiger partial charge in [-0.25, -0.2) is 12.7 Å². The second-order valence-corrected chi connectivity index (χ2v) is 9.14. The molecule has 0 bridgehead atoms. The maximum absolute atomic E-state index is 13.0. The summed E-state index contributed by atoms with van der Waals surface area (Å²) in [5, 5.41) is 0. The molecule has 1 heterocycles. The van der Waals surface area contributed by atoms with Gasteiger partial charge in [0.1, 0.15) is 0 Å². The highest BCUT2D eigenvalue weighted by molar-refractivity contribution is 7.89. The first kappa shape index (κ1) is 20.8. The van der Waals surface area contributed by atoms with Gasteiger partial charge in [0, 0.05) is 51.5 Å². The SMILES string of the molecule is CN(C)S(=O)(=O)c1ccc(N)c(C(=O)N2CCN(C(=O)c3ccccc3)CC2)c1. The number of nitrogen functional groups attached to an aromatic ring is 1. The van der Waals surface area contributed by atoms with E-state index in [1.807, 2.05) is 18.2 Å². The Balaban J connectivity index is 1.73. The van der Waals surface area contributed by atoms with Crippen LogP contribution in [0.1, 0.15) is 20.7 Å². The van der Waals surface area contributed by atoms with Gasteiger partial charge in [-0.15, -0.1) is 0 Å². The number of nitrogens with zero attached hydrogens (tertiary/aromatic N) is 3. The van der Waals surface area contributed by atoms with Gasteiger partial charge in [0.15, 0.2) is 0 Å². The third-order valence-corrected chi connectivity index (χ3v) is 6.72. The first-order valence-corrected chi connectivity index (χ1v) is 10.6. The minimum Gasteiger partial charge on any atom is -0.398 e. The molecule has 0 unspecified atom stereocenters. The average Bonchev–Trinajstić information content (AvgIpc) is 2.73. The summed E-state index contributed by atoms with van der Waals surface area (Å²) >= 11 is 0. The maximum atomic E-state index is 13.0. The van der Waals surface area contributed by atoms with Gasteiger partial charge in [-0.3, -0.25) is 9.59 Å². The van der Waals surface area contributed by atoms with Crippen LogP contribution in [0.4, 0.5) is 5.69 Å². The van der Waals surface area contributed by atoms with Crippen LogP contribution in [0.2, 0.25) is 0 Å². The molecule has 154 valence electrons. The van der Waals surface area contributed by atoms with Crippen molar-refractivity contribution in [3.05, 3.63) is 59.7 Å². The minimum atomic E-state index is -3.68. The van der Waals surface area contributed by atoms with E-state index < -0.39 is 10.0 Å². The summed E-state index contributed by atoms with van der Waals surface area (Å²) in [7, 11) is -0.823. The summed E-state index contributed by atoms with van der Waals surface area (Å²) in [5.74, 6) is -0.415. The predicted molar refractivity (Wildman–Crippen MR) is 110 cm³/mol. The molecular formula is C20H24N4O4S. The highest BCUT2D eigenvalue weighted by Gasteiger charge is 2.27. The second kappa shape index (κ2) is 8.22. The Morgan fingerprint density at radius 2 is 1.45 bits per heavy atom. The van der Waals surface area contributed by atoms with Gasteiger partial charge in [0.2, 0.25) is 10.0 Å². The van der Waals surface area contributed by atoms with Gasteiger partial charge in [-0.1, -0.05) is 18.2 Å². The fourth-order valence-electron chi connectivity index (χ4n) is 3.14. The smallest absolute Gasteiger partial charge is 0.256 e. The van der Waals surface area contributed by atoms with Gasteiger partial charge in [0.25, 0.3) is 11.8 Å². The Hall–Kier alpha value is -2.91. The van der Waals surface area contributed by atoms with Gasteiger partial charge in [-0.2, -0.15) is 0 Å². The number of hydrogen-bond donors (Lipinski definition) is 1. The van der Waals surface area contributed by atoms with E-state index in [1.54, 1.807) is 21.9 Å². The summed E-state index contributed by atoms with van der Waals surface area (Å²) in [6.45, 7) is 1.49. The lowest BCUT2D eigenvalue weighted by atomic mass is 10.1. The molecule has 0 aliphatic carbocycles. The van der Waals surface area contributed by atoms with Gasteiger partial charge in [0.05, 0.1) is 10.5 Å².